The van der Waals surface area contributed by atoms with Crippen LogP contribution in [-0.2, 0) is 17.6 Å². The summed E-state index contributed by atoms with van der Waals surface area (Å²) < 4.78 is 43.4. The smallest absolute Gasteiger partial charge is 0.416 e. The van der Waals surface area contributed by atoms with Crippen molar-refractivity contribution in [1.29, 1.82) is 0 Å². The van der Waals surface area contributed by atoms with E-state index in [1.165, 1.54) is 24.4 Å². The van der Waals surface area contributed by atoms with Gasteiger partial charge in [-0.15, -0.1) is 0 Å². The standard InChI is InChI=1S/C16H14F3NO2/c1-21-14-8-6-12(7-9-14)10-20-22-11-13-4-2-3-5-15(13)16(17,18)19/h2-10H,11H2,1H3. The van der Waals surface area contributed by atoms with Crippen LogP contribution < -0.4 is 4.74 Å². The molecule has 3 nitrogen and oxygen atoms in total. The molecule has 0 aromatic heterocycles. The van der Waals surface area contributed by atoms with E-state index < -0.39 is 11.7 Å². The predicted octanol–water partition coefficient (Wildman–Crippen LogP) is 4.26. The first-order valence-corrected chi connectivity index (χ1v) is 6.45. The van der Waals surface area contributed by atoms with Crippen LogP contribution in [-0.4, -0.2) is 13.3 Å². The molecule has 2 aromatic rings. The van der Waals surface area contributed by atoms with Crippen LogP contribution in [0, 0.1) is 0 Å². The maximum Gasteiger partial charge on any atom is 0.416 e. The minimum absolute atomic E-state index is 0.0434. The molecule has 22 heavy (non-hydrogen) atoms. The molecule has 0 amide bonds. The van der Waals surface area contributed by atoms with Crippen LogP contribution in [0.25, 0.3) is 0 Å². The second kappa shape index (κ2) is 6.98. The van der Waals surface area contributed by atoms with Gasteiger partial charge in [-0.25, -0.2) is 0 Å². The SMILES string of the molecule is COc1ccc(C=NOCc2ccccc2C(F)(F)F)cc1. The van der Waals surface area contributed by atoms with Crippen LogP contribution in [0.2, 0.25) is 0 Å². The van der Waals surface area contributed by atoms with Crippen molar-refractivity contribution in [3.8, 4) is 5.75 Å². The zero-order valence-electron chi connectivity index (χ0n) is 11.8. The number of ether oxygens (including phenoxy) is 1. The summed E-state index contributed by atoms with van der Waals surface area (Å²) >= 11 is 0. The normalized spacial score (nSPS) is 11.6. The largest absolute Gasteiger partial charge is 0.497 e. The molecule has 0 spiro atoms. The van der Waals surface area contributed by atoms with Crippen molar-refractivity contribution in [1.82, 2.24) is 0 Å². The number of hydrogen-bond donors (Lipinski definition) is 0. The van der Waals surface area contributed by atoms with Gasteiger partial charge in [0.25, 0.3) is 0 Å². The highest BCUT2D eigenvalue weighted by Gasteiger charge is 2.32. The number of oxime groups is 1. The van der Waals surface area contributed by atoms with Crippen LogP contribution in [0.4, 0.5) is 13.2 Å². The average Bonchev–Trinajstić information content (AvgIpc) is 2.51. The molecular weight excluding hydrogens is 295 g/mol. The fourth-order valence-electron chi connectivity index (χ4n) is 1.82. The van der Waals surface area contributed by atoms with Crippen LogP contribution >= 0.6 is 0 Å². The van der Waals surface area contributed by atoms with Gasteiger partial charge in [-0.05, 0) is 35.9 Å². The van der Waals surface area contributed by atoms with Gasteiger partial charge in [-0.3, -0.25) is 0 Å². The van der Waals surface area contributed by atoms with Crippen molar-refractivity contribution < 1.29 is 22.7 Å². The number of rotatable bonds is 5. The van der Waals surface area contributed by atoms with Crippen molar-refractivity contribution >= 4 is 6.21 Å². The first-order valence-electron chi connectivity index (χ1n) is 6.45. The predicted molar refractivity (Wildman–Crippen MR) is 76.8 cm³/mol. The number of halogens is 3. The Labute approximate surface area is 126 Å². The van der Waals surface area contributed by atoms with Crippen molar-refractivity contribution in [3.63, 3.8) is 0 Å². The maximum absolute atomic E-state index is 12.8. The molecule has 0 saturated carbocycles. The third-order valence-electron chi connectivity index (χ3n) is 2.93. The Morgan fingerprint density at radius 2 is 1.73 bits per heavy atom. The molecule has 0 fully saturated rings. The number of alkyl halides is 3. The Balaban J connectivity index is 1.97. The topological polar surface area (TPSA) is 30.8 Å². The molecule has 2 rings (SSSR count). The Morgan fingerprint density at radius 1 is 1.05 bits per heavy atom. The van der Waals surface area contributed by atoms with E-state index in [9.17, 15) is 13.2 Å². The van der Waals surface area contributed by atoms with Crippen molar-refractivity contribution in [2.24, 2.45) is 5.16 Å². The first-order chi connectivity index (χ1) is 10.5. The molecular formula is C16H14F3NO2. The lowest BCUT2D eigenvalue weighted by Crippen LogP contribution is -2.09. The lowest BCUT2D eigenvalue weighted by Gasteiger charge is -2.11. The minimum atomic E-state index is -4.40. The molecule has 0 radical (unpaired) electrons. The molecule has 0 saturated heterocycles. The number of nitrogens with zero attached hydrogens (tertiary/aromatic N) is 1. The number of hydrogen-bond acceptors (Lipinski definition) is 3. The summed E-state index contributed by atoms with van der Waals surface area (Å²) in [7, 11) is 1.56. The molecule has 0 aliphatic heterocycles. The average molecular weight is 309 g/mol. The third-order valence-corrected chi connectivity index (χ3v) is 2.93. The van der Waals surface area contributed by atoms with Gasteiger partial charge in [0.05, 0.1) is 18.9 Å². The van der Waals surface area contributed by atoms with E-state index in [0.717, 1.165) is 11.6 Å². The summed E-state index contributed by atoms with van der Waals surface area (Å²) in [6.07, 6.45) is -2.98. The number of benzene rings is 2. The summed E-state index contributed by atoms with van der Waals surface area (Å²) in [4.78, 5) is 4.95. The second-order valence-corrected chi connectivity index (χ2v) is 4.44. The van der Waals surface area contributed by atoms with Crippen molar-refractivity contribution in [2.75, 3.05) is 7.11 Å². The summed E-state index contributed by atoms with van der Waals surface area (Å²) in [5, 5.41) is 3.68. The quantitative estimate of drug-likeness (QED) is 0.610. The van der Waals surface area contributed by atoms with E-state index in [4.69, 9.17) is 9.57 Å². The van der Waals surface area contributed by atoms with Crippen LogP contribution in [0.3, 0.4) is 0 Å². The minimum Gasteiger partial charge on any atom is -0.497 e. The Kier molecular flexibility index (Phi) is 5.04. The van der Waals surface area contributed by atoms with Gasteiger partial charge >= 0.3 is 6.18 Å². The summed E-state index contributed by atoms with van der Waals surface area (Å²) in [5.74, 6) is 0.706. The zero-order chi connectivity index (χ0) is 16.0. The highest BCUT2D eigenvalue weighted by Crippen LogP contribution is 2.32. The Bertz CT molecular complexity index is 637. The molecule has 6 heteroatoms. The van der Waals surface area contributed by atoms with E-state index in [0.29, 0.717) is 5.75 Å². The molecule has 0 bridgehead atoms. The molecule has 2 aromatic carbocycles. The van der Waals surface area contributed by atoms with Crippen LogP contribution in [0.5, 0.6) is 5.75 Å². The Morgan fingerprint density at radius 3 is 2.36 bits per heavy atom. The van der Waals surface area contributed by atoms with Crippen LogP contribution in [0.15, 0.2) is 53.7 Å². The molecule has 0 atom stereocenters. The molecule has 0 heterocycles. The van der Waals surface area contributed by atoms with Gasteiger partial charge in [0.15, 0.2) is 0 Å². The van der Waals surface area contributed by atoms with Crippen molar-refractivity contribution in [3.05, 3.63) is 65.2 Å². The third kappa shape index (κ3) is 4.25. The zero-order valence-corrected chi connectivity index (χ0v) is 11.8. The molecule has 0 aliphatic carbocycles. The highest BCUT2D eigenvalue weighted by molar-refractivity contribution is 5.79. The molecule has 0 aliphatic rings. The van der Waals surface area contributed by atoms with E-state index in [-0.39, 0.29) is 12.2 Å². The maximum atomic E-state index is 12.8. The Hall–Kier alpha value is -2.50. The van der Waals surface area contributed by atoms with E-state index in [1.807, 2.05) is 0 Å². The fourth-order valence-corrected chi connectivity index (χ4v) is 1.82. The van der Waals surface area contributed by atoms with Gasteiger partial charge in [0.1, 0.15) is 12.4 Å². The highest BCUT2D eigenvalue weighted by atomic mass is 19.4. The monoisotopic (exact) mass is 309 g/mol. The van der Waals surface area contributed by atoms with Crippen LogP contribution in [0.1, 0.15) is 16.7 Å². The first kappa shape index (κ1) is 15.9. The van der Waals surface area contributed by atoms with E-state index in [1.54, 1.807) is 31.4 Å². The second-order valence-electron chi connectivity index (χ2n) is 4.44. The summed E-state index contributed by atoms with van der Waals surface area (Å²) in [5.41, 5.74) is 0.0847. The van der Waals surface area contributed by atoms with Gasteiger partial charge in [0.2, 0.25) is 0 Å². The molecule has 0 N–H and O–H groups in total. The van der Waals surface area contributed by atoms with Gasteiger partial charge in [0, 0.05) is 5.56 Å². The number of methoxy groups -OCH3 is 1. The van der Waals surface area contributed by atoms with E-state index >= 15 is 0 Å². The molecule has 116 valence electrons. The lowest BCUT2D eigenvalue weighted by molar-refractivity contribution is -0.138. The molecule has 0 unspecified atom stereocenters. The van der Waals surface area contributed by atoms with E-state index in [2.05, 4.69) is 5.16 Å². The summed E-state index contributed by atoms with van der Waals surface area (Å²) in [6, 6.07) is 12.3. The summed E-state index contributed by atoms with van der Waals surface area (Å²) in [6.45, 7) is -0.248. The lowest BCUT2D eigenvalue weighted by atomic mass is 10.1. The van der Waals surface area contributed by atoms with Gasteiger partial charge in [-0.1, -0.05) is 23.4 Å². The fraction of sp³-hybridized carbons (Fsp3) is 0.188. The van der Waals surface area contributed by atoms with Gasteiger partial charge < -0.3 is 9.57 Å². The van der Waals surface area contributed by atoms with Crippen molar-refractivity contribution in [2.45, 2.75) is 12.8 Å². The van der Waals surface area contributed by atoms with Gasteiger partial charge in [-0.2, -0.15) is 13.2 Å².